The van der Waals surface area contributed by atoms with Gasteiger partial charge in [-0.05, 0) is 20.4 Å². The molecule has 0 aliphatic carbocycles. The lowest BCUT2D eigenvalue weighted by molar-refractivity contribution is -0.144. The minimum atomic E-state index is 0.132. The molecular formula is C12H25N3O2. The first-order chi connectivity index (χ1) is 8.06. The van der Waals surface area contributed by atoms with Gasteiger partial charge in [-0.1, -0.05) is 6.92 Å². The van der Waals surface area contributed by atoms with Crippen molar-refractivity contribution in [2.45, 2.75) is 33.0 Å². The molecule has 1 amide bonds. The lowest BCUT2D eigenvalue weighted by Gasteiger charge is -2.36. The lowest BCUT2D eigenvalue weighted by Crippen LogP contribution is -2.51. The molecule has 0 aromatic carbocycles. The summed E-state index contributed by atoms with van der Waals surface area (Å²) in [4.78, 5) is 16.1. The van der Waals surface area contributed by atoms with Crippen LogP contribution in [0.5, 0.6) is 0 Å². The highest BCUT2D eigenvalue weighted by Crippen LogP contribution is 2.10. The Morgan fingerprint density at radius 3 is 2.47 bits per heavy atom. The Morgan fingerprint density at radius 1 is 1.41 bits per heavy atom. The molecule has 1 rings (SSSR count). The number of carbonyl (C=O) groups excluding carboxylic acids is 1. The molecule has 1 fully saturated rings. The fourth-order valence-electron chi connectivity index (χ4n) is 2.20. The highest BCUT2D eigenvalue weighted by atomic mass is 16.5. The summed E-state index contributed by atoms with van der Waals surface area (Å²) in [5, 5.41) is 0. The van der Waals surface area contributed by atoms with E-state index in [1.54, 1.807) is 0 Å². The number of ether oxygens (including phenoxy) is 1. The largest absolute Gasteiger partial charge is 0.372 e. The van der Waals surface area contributed by atoms with Gasteiger partial charge in [-0.25, -0.2) is 0 Å². The van der Waals surface area contributed by atoms with E-state index in [0.717, 1.165) is 13.1 Å². The highest BCUT2D eigenvalue weighted by molar-refractivity contribution is 5.78. The van der Waals surface area contributed by atoms with E-state index in [4.69, 9.17) is 10.5 Å². The van der Waals surface area contributed by atoms with Crippen LogP contribution in [0.3, 0.4) is 0 Å². The van der Waals surface area contributed by atoms with Crippen molar-refractivity contribution in [3.63, 3.8) is 0 Å². The van der Waals surface area contributed by atoms with Crippen molar-refractivity contribution < 1.29 is 9.53 Å². The molecular weight excluding hydrogens is 218 g/mol. The molecule has 100 valence electrons. The Bertz CT molecular complexity index is 238. The van der Waals surface area contributed by atoms with Gasteiger partial charge in [0.15, 0.2) is 0 Å². The van der Waals surface area contributed by atoms with Gasteiger partial charge in [0, 0.05) is 26.2 Å². The van der Waals surface area contributed by atoms with Gasteiger partial charge >= 0.3 is 0 Å². The monoisotopic (exact) mass is 243 g/mol. The fraction of sp³-hybridized carbons (Fsp3) is 0.917. The Kier molecular flexibility index (Phi) is 5.88. The molecule has 17 heavy (non-hydrogen) atoms. The van der Waals surface area contributed by atoms with E-state index in [0.29, 0.717) is 26.2 Å². The topological polar surface area (TPSA) is 58.8 Å². The number of rotatable bonds is 5. The van der Waals surface area contributed by atoms with Crippen LogP contribution in [0.2, 0.25) is 0 Å². The van der Waals surface area contributed by atoms with Crippen molar-refractivity contribution in [3.05, 3.63) is 0 Å². The van der Waals surface area contributed by atoms with Crippen molar-refractivity contribution in [1.82, 2.24) is 9.80 Å². The van der Waals surface area contributed by atoms with Crippen LogP contribution in [0.4, 0.5) is 0 Å². The standard InChI is InChI=1S/C12H25N3O2/c1-4-14(6-5-13)9-12(16)15-7-10(2)17-11(3)8-15/h10-11H,4-9,13H2,1-3H3. The first-order valence-corrected chi connectivity index (χ1v) is 6.42. The quantitative estimate of drug-likeness (QED) is 0.733. The van der Waals surface area contributed by atoms with Crippen molar-refractivity contribution in [3.8, 4) is 0 Å². The maximum Gasteiger partial charge on any atom is 0.236 e. The third kappa shape index (κ3) is 4.61. The summed E-state index contributed by atoms with van der Waals surface area (Å²) in [6, 6.07) is 0. The van der Waals surface area contributed by atoms with E-state index in [1.807, 2.05) is 25.7 Å². The van der Waals surface area contributed by atoms with E-state index in [1.165, 1.54) is 0 Å². The molecule has 0 aromatic heterocycles. The van der Waals surface area contributed by atoms with Gasteiger partial charge in [-0.15, -0.1) is 0 Å². The molecule has 1 aliphatic heterocycles. The van der Waals surface area contributed by atoms with Gasteiger partial charge in [0.25, 0.3) is 0 Å². The average molecular weight is 243 g/mol. The molecule has 1 heterocycles. The number of hydrogen-bond acceptors (Lipinski definition) is 4. The molecule has 0 radical (unpaired) electrons. The number of amides is 1. The Labute approximate surface area is 104 Å². The van der Waals surface area contributed by atoms with Crippen molar-refractivity contribution in [1.29, 1.82) is 0 Å². The van der Waals surface area contributed by atoms with Crippen LogP contribution >= 0.6 is 0 Å². The normalized spacial score (nSPS) is 25.4. The van der Waals surface area contributed by atoms with Crippen LogP contribution < -0.4 is 5.73 Å². The molecule has 1 saturated heterocycles. The average Bonchev–Trinajstić information content (AvgIpc) is 2.27. The number of hydrogen-bond donors (Lipinski definition) is 1. The maximum atomic E-state index is 12.1. The number of likely N-dealkylation sites (N-methyl/N-ethyl adjacent to an activating group) is 1. The summed E-state index contributed by atoms with van der Waals surface area (Å²) in [5.41, 5.74) is 5.52. The summed E-state index contributed by atoms with van der Waals surface area (Å²) in [7, 11) is 0. The van der Waals surface area contributed by atoms with Crippen molar-refractivity contribution >= 4 is 5.91 Å². The van der Waals surface area contributed by atoms with E-state index in [9.17, 15) is 4.79 Å². The predicted octanol–water partition coefficient (Wildman–Crippen LogP) is -0.0972. The first-order valence-electron chi connectivity index (χ1n) is 6.42. The second-order valence-electron chi connectivity index (χ2n) is 4.71. The molecule has 5 heteroatoms. The fourth-order valence-corrected chi connectivity index (χ4v) is 2.20. The van der Waals surface area contributed by atoms with Gasteiger partial charge in [-0.3, -0.25) is 9.69 Å². The molecule has 0 spiro atoms. The van der Waals surface area contributed by atoms with E-state index in [2.05, 4.69) is 4.90 Å². The number of carbonyl (C=O) groups is 1. The second kappa shape index (κ2) is 6.93. The molecule has 2 atom stereocenters. The van der Waals surface area contributed by atoms with Crippen molar-refractivity contribution in [2.75, 3.05) is 39.3 Å². The molecule has 0 saturated carbocycles. The molecule has 2 unspecified atom stereocenters. The minimum absolute atomic E-state index is 0.132. The molecule has 2 N–H and O–H groups in total. The summed E-state index contributed by atoms with van der Waals surface area (Å²) in [6.45, 7) is 10.2. The van der Waals surface area contributed by atoms with E-state index < -0.39 is 0 Å². The van der Waals surface area contributed by atoms with Crippen LogP contribution in [0.1, 0.15) is 20.8 Å². The van der Waals surface area contributed by atoms with Gasteiger partial charge in [0.05, 0.1) is 18.8 Å². The Hall–Kier alpha value is -0.650. The van der Waals surface area contributed by atoms with Crippen LogP contribution in [-0.2, 0) is 9.53 Å². The first kappa shape index (κ1) is 14.4. The number of morpholine rings is 1. The second-order valence-corrected chi connectivity index (χ2v) is 4.71. The van der Waals surface area contributed by atoms with Crippen LogP contribution in [0, 0.1) is 0 Å². The van der Waals surface area contributed by atoms with Crippen molar-refractivity contribution in [2.24, 2.45) is 5.73 Å². The van der Waals surface area contributed by atoms with E-state index >= 15 is 0 Å². The minimum Gasteiger partial charge on any atom is -0.372 e. The summed E-state index contributed by atoms with van der Waals surface area (Å²) in [6.07, 6.45) is 0.263. The molecule has 0 bridgehead atoms. The number of nitrogens with two attached hydrogens (primary N) is 1. The maximum absolute atomic E-state index is 12.1. The zero-order valence-corrected chi connectivity index (χ0v) is 11.2. The van der Waals surface area contributed by atoms with Gasteiger partial charge in [-0.2, -0.15) is 0 Å². The van der Waals surface area contributed by atoms with Crippen LogP contribution in [-0.4, -0.2) is 67.2 Å². The SMILES string of the molecule is CCN(CCN)CC(=O)N1CC(C)OC(C)C1. The molecule has 5 nitrogen and oxygen atoms in total. The zero-order chi connectivity index (χ0) is 12.8. The van der Waals surface area contributed by atoms with Gasteiger partial charge < -0.3 is 15.4 Å². The lowest BCUT2D eigenvalue weighted by atomic mass is 10.2. The Balaban J connectivity index is 2.45. The van der Waals surface area contributed by atoms with Gasteiger partial charge in [0.1, 0.15) is 0 Å². The third-order valence-corrected chi connectivity index (χ3v) is 3.02. The van der Waals surface area contributed by atoms with E-state index in [-0.39, 0.29) is 18.1 Å². The number of nitrogens with zero attached hydrogens (tertiary/aromatic N) is 2. The smallest absolute Gasteiger partial charge is 0.236 e. The zero-order valence-electron chi connectivity index (χ0n) is 11.2. The van der Waals surface area contributed by atoms with Gasteiger partial charge in [0.2, 0.25) is 5.91 Å². The summed E-state index contributed by atoms with van der Waals surface area (Å²) < 4.78 is 5.62. The molecule has 0 aromatic rings. The third-order valence-electron chi connectivity index (χ3n) is 3.02. The van der Waals surface area contributed by atoms with Crippen LogP contribution in [0.15, 0.2) is 0 Å². The highest BCUT2D eigenvalue weighted by Gasteiger charge is 2.26. The van der Waals surface area contributed by atoms with Crippen LogP contribution in [0.25, 0.3) is 0 Å². The predicted molar refractivity (Wildman–Crippen MR) is 67.8 cm³/mol. The summed E-state index contributed by atoms with van der Waals surface area (Å²) >= 11 is 0. The molecule has 1 aliphatic rings. The summed E-state index contributed by atoms with van der Waals surface area (Å²) in [5.74, 6) is 0.183. The Morgan fingerprint density at radius 2 is 2.00 bits per heavy atom.